The summed E-state index contributed by atoms with van der Waals surface area (Å²) in [7, 11) is 0. The van der Waals surface area contributed by atoms with Crippen LogP contribution in [0.1, 0.15) is 16.7 Å². The van der Waals surface area contributed by atoms with Crippen LogP contribution >= 0.6 is 23.2 Å². The average Bonchev–Trinajstić information content (AvgIpc) is 2.42. The molecule has 0 amide bonds. The minimum absolute atomic E-state index is 0.174. The normalized spacial score (nSPS) is 12.4. The van der Waals surface area contributed by atoms with Gasteiger partial charge in [0.25, 0.3) is 0 Å². The summed E-state index contributed by atoms with van der Waals surface area (Å²) < 4.78 is 13.8. The SMILES string of the molecule is Cc1cccc(CC(CCl)Cc2c(F)cccc2Cl)c1. The number of benzene rings is 2. The van der Waals surface area contributed by atoms with Gasteiger partial charge in [0.2, 0.25) is 0 Å². The molecule has 0 bridgehead atoms. The van der Waals surface area contributed by atoms with Gasteiger partial charge in [-0.2, -0.15) is 0 Å². The summed E-state index contributed by atoms with van der Waals surface area (Å²) >= 11 is 12.1. The second kappa shape index (κ2) is 7.10. The molecule has 0 aliphatic carbocycles. The smallest absolute Gasteiger partial charge is 0.127 e. The molecule has 0 aliphatic rings. The molecule has 0 aromatic heterocycles. The lowest BCUT2D eigenvalue weighted by Crippen LogP contribution is -2.11. The van der Waals surface area contributed by atoms with Crippen LogP contribution in [-0.2, 0) is 12.8 Å². The Balaban J connectivity index is 2.13. The van der Waals surface area contributed by atoms with E-state index in [4.69, 9.17) is 23.2 Å². The van der Waals surface area contributed by atoms with E-state index in [-0.39, 0.29) is 11.7 Å². The lowest BCUT2D eigenvalue weighted by atomic mass is 9.93. The Morgan fingerprint density at radius 1 is 1.10 bits per heavy atom. The third-order valence-corrected chi connectivity index (χ3v) is 4.17. The molecule has 0 nitrogen and oxygen atoms in total. The van der Waals surface area contributed by atoms with E-state index < -0.39 is 0 Å². The van der Waals surface area contributed by atoms with Gasteiger partial charge in [-0.1, -0.05) is 47.5 Å². The minimum atomic E-state index is -0.253. The molecule has 2 rings (SSSR count). The second-order valence-electron chi connectivity index (χ2n) is 5.12. The van der Waals surface area contributed by atoms with E-state index in [9.17, 15) is 4.39 Å². The monoisotopic (exact) mass is 310 g/mol. The molecule has 1 unspecified atom stereocenters. The predicted molar refractivity (Wildman–Crippen MR) is 84.2 cm³/mol. The topological polar surface area (TPSA) is 0 Å². The van der Waals surface area contributed by atoms with Crippen LogP contribution in [0.25, 0.3) is 0 Å². The molecule has 106 valence electrons. The maximum atomic E-state index is 13.8. The lowest BCUT2D eigenvalue weighted by molar-refractivity contribution is 0.546. The Bertz CT molecular complexity index is 561. The molecule has 0 aliphatic heterocycles. The summed E-state index contributed by atoms with van der Waals surface area (Å²) in [5.74, 6) is 0.406. The maximum Gasteiger partial charge on any atom is 0.127 e. The van der Waals surface area contributed by atoms with Gasteiger partial charge < -0.3 is 0 Å². The van der Waals surface area contributed by atoms with Crippen LogP contribution in [-0.4, -0.2) is 5.88 Å². The first-order valence-corrected chi connectivity index (χ1v) is 7.55. The summed E-state index contributed by atoms with van der Waals surface area (Å²) in [6, 6.07) is 13.1. The highest BCUT2D eigenvalue weighted by Crippen LogP contribution is 2.24. The van der Waals surface area contributed by atoms with Crippen molar-refractivity contribution in [2.24, 2.45) is 5.92 Å². The van der Waals surface area contributed by atoms with Gasteiger partial charge in [0.15, 0.2) is 0 Å². The Morgan fingerprint density at radius 2 is 1.85 bits per heavy atom. The van der Waals surface area contributed by atoms with Crippen LogP contribution in [0.3, 0.4) is 0 Å². The molecule has 0 spiro atoms. The van der Waals surface area contributed by atoms with Crippen molar-refractivity contribution in [1.82, 2.24) is 0 Å². The molecular weight excluding hydrogens is 294 g/mol. The van der Waals surface area contributed by atoms with Crippen LogP contribution < -0.4 is 0 Å². The van der Waals surface area contributed by atoms with Crippen LogP contribution in [0.15, 0.2) is 42.5 Å². The summed E-state index contributed by atoms with van der Waals surface area (Å²) in [6.07, 6.45) is 1.39. The van der Waals surface area contributed by atoms with Crippen molar-refractivity contribution >= 4 is 23.2 Å². The van der Waals surface area contributed by atoms with Gasteiger partial charge in [0, 0.05) is 16.5 Å². The zero-order chi connectivity index (χ0) is 14.5. The highest BCUT2D eigenvalue weighted by Gasteiger charge is 2.15. The summed E-state index contributed by atoms with van der Waals surface area (Å²) in [4.78, 5) is 0. The third kappa shape index (κ3) is 3.97. The molecule has 2 aromatic carbocycles. The minimum Gasteiger partial charge on any atom is -0.207 e. The number of halogens is 3. The Labute approximate surface area is 129 Å². The Kier molecular flexibility index (Phi) is 5.45. The molecule has 0 saturated heterocycles. The van der Waals surface area contributed by atoms with Gasteiger partial charge in [0.05, 0.1) is 0 Å². The average molecular weight is 311 g/mol. The number of rotatable bonds is 5. The fraction of sp³-hybridized carbons (Fsp3) is 0.294. The van der Waals surface area contributed by atoms with Crippen molar-refractivity contribution in [3.8, 4) is 0 Å². The predicted octanol–water partition coefficient (Wildman–Crippen LogP) is 5.43. The highest BCUT2D eigenvalue weighted by atomic mass is 35.5. The lowest BCUT2D eigenvalue weighted by Gasteiger charge is -2.16. The number of hydrogen-bond donors (Lipinski definition) is 0. The van der Waals surface area contributed by atoms with E-state index in [0.717, 1.165) is 6.42 Å². The summed E-state index contributed by atoms with van der Waals surface area (Å²) in [5, 5.41) is 0.476. The van der Waals surface area contributed by atoms with Crippen molar-refractivity contribution in [2.75, 3.05) is 5.88 Å². The first kappa shape index (κ1) is 15.3. The standard InChI is InChI=1S/C17H17Cl2F/c1-12-4-2-5-13(8-12)9-14(11-18)10-15-16(19)6-3-7-17(15)20/h2-8,14H,9-11H2,1H3. The molecule has 2 aromatic rings. The summed E-state index contributed by atoms with van der Waals surface area (Å²) in [6.45, 7) is 2.06. The highest BCUT2D eigenvalue weighted by molar-refractivity contribution is 6.31. The third-order valence-electron chi connectivity index (χ3n) is 3.38. The van der Waals surface area contributed by atoms with Crippen LogP contribution in [0.2, 0.25) is 5.02 Å². The van der Waals surface area contributed by atoms with Crippen LogP contribution in [0, 0.1) is 18.7 Å². The van der Waals surface area contributed by atoms with Crippen molar-refractivity contribution < 1.29 is 4.39 Å². The maximum absolute atomic E-state index is 13.8. The van der Waals surface area contributed by atoms with E-state index in [1.807, 2.05) is 6.07 Å². The molecule has 1 atom stereocenters. The Morgan fingerprint density at radius 3 is 2.50 bits per heavy atom. The molecular formula is C17H17Cl2F. The van der Waals surface area contributed by atoms with Gasteiger partial charge in [-0.05, 0) is 43.4 Å². The van der Waals surface area contributed by atoms with E-state index in [0.29, 0.717) is 22.9 Å². The van der Waals surface area contributed by atoms with Gasteiger partial charge in [0.1, 0.15) is 5.82 Å². The van der Waals surface area contributed by atoms with Crippen molar-refractivity contribution in [1.29, 1.82) is 0 Å². The van der Waals surface area contributed by atoms with Gasteiger partial charge >= 0.3 is 0 Å². The van der Waals surface area contributed by atoms with Crippen LogP contribution in [0.4, 0.5) is 4.39 Å². The molecule has 0 saturated carbocycles. The zero-order valence-corrected chi connectivity index (χ0v) is 12.9. The number of alkyl halides is 1. The molecule has 0 fully saturated rings. The van der Waals surface area contributed by atoms with Crippen molar-refractivity contribution in [3.63, 3.8) is 0 Å². The van der Waals surface area contributed by atoms with Crippen LogP contribution in [0.5, 0.6) is 0 Å². The van der Waals surface area contributed by atoms with Gasteiger partial charge in [-0.25, -0.2) is 4.39 Å². The molecule has 3 heteroatoms. The van der Waals surface area contributed by atoms with E-state index in [1.54, 1.807) is 12.1 Å². The van der Waals surface area contributed by atoms with E-state index >= 15 is 0 Å². The first-order chi connectivity index (χ1) is 9.60. The zero-order valence-electron chi connectivity index (χ0n) is 11.4. The second-order valence-corrected chi connectivity index (χ2v) is 5.83. The van der Waals surface area contributed by atoms with Gasteiger partial charge in [-0.3, -0.25) is 0 Å². The number of aryl methyl sites for hydroxylation is 1. The first-order valence-electron chi connectivity index (χ1n) is 6.64. The molecule has 0 radical (unpaired) electrons. The van der Waals surface area contributed by atoms with E-state index in [2.05, 4.69) is 25.1 Å². The van der Waals surface area contributed by atoms with Crippen molar-refractivity contribution in [2.45, 2.75) is 19.8 Å². The fourth-order valence-electron chi connectivity index (χ4n) is 2.37. The van der Waals surface area contributed by atoms with E-state index in [1.165, 1.54) is 17.2 Å². The quantitative estimate of drug-likeness (QED) is 0.646. The molecule has 0 N–H and O–H groups in total. The largest absolute Gasteiger partial charge is 0.207 e. The van der Waals surface area contributed by atoms with Crippen molar-refractivity contribution in [3.05, 3.63) is 70.0 Å². The Hall–Kier alpha value is -1.05. The summed E-state index contributed by atoms with van der Waals surface area (Å²) in [5.41, 5.74) is 3.01. The molecule has 20 heavy (non-hydrogen) atoms. The molecule has 0 heterocycles. The fourth-order valence-corrected chi connectivity index (χ4v) is 2.83. The van der Waals surface area contributed by atoms with Gasteiger partial charge in [-0.15, -0.1) is 11.6 Å². The number of hydrogen-bond acceptors (Lipinski definition) is 0.